The van der Waals surface area contributed by atoms with Gasteiger partial charge in [0, 0.05) is 22.1 Å². The third-order valence-corrected chi connectivity index (χ3v) is 3.44. The Morgan fingerprint density at radius 2 is 2.06 bits per heavy atom. The van der Waals surface area contributed by atoms with Crippen LogP contribution in [0.2, 0.25) is 0 Å². The summed E-state index contributed by atoms with van der Waals surface area (Å²) in [5, 5.41) is 3.44. The molecule has 0 saturated heterocycles. The van der Waals surface area contributed by atoms with Gasteiger partial charge in [0.1, 0.15) is 5.82 Å². The highest BCUT2D eigenvalue weighted by atomic mass is 79.9. The van der Waals surface area contributed by atoms with Crippen molar-refractivity contribution in [3.63, 3.8) is 0 Å². The van der Waals surface area contributed by atoms with E-state index in [0.29, 0.717) is 6.04 Å². The molecule has 0 amide bonds. The van der Waals surface area contributed by atoms with Crippen LogP contribution < -0.4 is 5.32 Å². The standard InChI is InChI=1S/C14H21BrFN/c1-4-5-6-10(2)17-11(3)13-9-12(15)7-8-14(13)16/h7-11,17H,4-6H2,1-3H3. The van der Waals surface area contributed by atoms with Gasteiger partial charge in [-0.25, -0.2) is 4.39 Å². The van der Waals surface area contributed by atoms with Gasteiger partial charge in [-0.3, -0.25) is 0 Å². The van der Waals surface area contributed by atoms with E-state index in [4.69, 9.17) is 0 Å². The molecule has 96 valence electrons. The molecule has 0 aliphatic carbocycles. The van der Waals surface area contributed by atoms with Gasteiger partial charge in [0.2, 0.25) is 0 Å². The first-order valence-corrected chi connectivity index (χ1v) is 7.05. The molecule has 1 aromatic carbocycles. The third kappa shape index (κ3) is 4.76. The fourth-order valence-corrected chi connectivity index (χ4v) is 2.34. The lowest BCUT2D eigenvalue weighted by Gasteiger charge is -2.21. The topological polar surface area (TPSA) is 12.0 Å². The number of hydrogen-bond acceptors (Lipinski definition) is 1. The van der Waals surface area contributed by atoms with E-state index in [0.717, 1.165) is 16.5 Å². The first kappa shape index (κ1) is 14.7. The summed E-state index contributed by atoms with van der Waals surface area (Å²) in [5.41, 5.74) is 0.725. The quantitative estimate of drug-likeness (QED) is 0.794. The van der Waals surface area contributed by atoms with Crippen LogP contribution in [0.15, 0.2) is 22.7 Å². The maximum atomic E-state index is 13.7. The molecule has 0 heterocycles. The molecule has 0 bridgehead atoms. The Morgan fingerprint density at radius 3 is 2.71 bits per heavy atom. The highest BCUT2D eigenvalue weighted by Gasteiger charge is 2.13. The zero-order valence-corrected chi connectivity index (χ0v) is 12.3. The van der Waals surface area contributed by atoms with Gasteiger partial charge in [0.05, 0.1) is 0 Å². The van der Waals surface area contributed by atoms with Gasteiger partial charge < -0.3 is 5.32 Å². The zero-order valence-electron chi connectivity index (χ0n) is 10.8. The molecule has 2 atom stereocenters. The van der Waals surface area contributed by atoms with Crippen LogP contribution in [0.1, 0.15) is 51.6 Å². The fraction of sp³-hybridized carbons (Fsp3) is 0.571. The largest absolute Gasteiger partial charge is 0.308 e. The minimum absolute atomic E-state index is 0.0411. The van der Waals surface area contributed by atoms with Crippen LogP contribution in [0.4, 0.5) is 4.39 Å². The molecule has 1 nitrogen and oxygen atoms in total. The molecule has 1 rings (SSSR count). The highest BCUT2D eigenvalue weighted by molar-refractivity contribution is 9.10. The van der Waals surface area contributed by atoms with E-state index >= 15 is 0 Å². The van der Waals surface area contributed by atoms with Gasteiger partial charge in [-0.15, -0.1) is 0 Å². The molecule has 0 aliphatic heterocycles. The molecule has 2 unspecified atom stereocenters. The normalized spacial score (nSPS) is 14.6. The maximum Gasteiger partial charge on any atom is 0.128 e. The molecule has 0 fully saturated rings. The Kier molecular flexibility index (Phi) is 6.14. The number of rotatable bonds is 6. The van der Waals surface area contributed by atoms with E-state index in [1.165, 1.54) is 18.9 Å². The second kappa shape index (κ2) is 7.12. The fourth-order valence-electron chi connectivity index (χ4n) is 1.96. The molecule has 0 aromatic heterocycles. The first-order chi connectivity index (χ1) is 8.04. The van der Waals surface area contributed by atoms with Crippen LogP contribution in [0, 0.1) is 5.82 Å². The van der Waals surface area contributed by atoms with E-state index in [1.807, 2.05) is 13.0 Å². The summed E-state index contributed by atoms with van der Waals surface area (Å²) in [6, 6.07) is 5.54. The molecule has 1 N–H and O–H groups in total. The van der Waals surface area contributed by atoms with Crippen molar-refractivity contribution < 1.29 is 4.39 Å². The van der Waals surface area contributed by atoms with Crippen molar-refractivity contribution in [2.45, 2.75) is 52.1 Å². The summed E-state index contributed by atoms with van der Waals surface area (Å²) in [4.78, 5) is 0. The molecule has 0 radical (unpaired) electrons. The van der Waals surface area contributed by atoms with E-state index < -0.39 is 0 Å². The molecule has 17 heavy (non-hydrogen) atoms. The van der Waals surface area contributed by atoms with E-state index in [1.54, 1.807) is 6.07 Å². The monoisotopic (exact) mass is 301 g/mol. The van der Waals surface area contributed by atoms with Gasteiger partial charge in [-0.1, -0.05) is 35.7 Å². The van der Waals surface area contributed by atoms with Crippen LogP contribution in [0.3, 0.4) is 0 Å². The van der Waals surface area contributed by atoms with Crippen molar-refractivity contribution in [3.8, 4) is 0 Å². The van der Waals surface area contributed by atoms with Crippen molar-refractivity contribution >= 4 is 15.9 Å². The van der Waals surface area contributed by atoms with Crippen LogP contribution in [0.5, 0.6) is 0 Å². The van der Waals surface area contributed by atoms with Crippen LogP contribution in [0.25, 0.3) is 0 Å². The van der Waals surface area contributed by atoms with Crippen LogP contribution >= 0.6 is 15.9 Å². The summed E-state index contributed by atoms with van der Waals surface area (Å²) in [5.74, 6) is -0.143. The predicted octanol–water partition coefficient (Wildman–Crippen LogP) is 4.82. The lowest BCUT2D eigenvalue weighted by Crippen LogP contribution is -2.29. The van der Waals surface area contributed by atoms with Gasteiger partial charge in [-0.05, 0) is 38.5 Å². The Balaban J connectivity index is 2.62. The first-order valence-electron chi connectivity index (χ1n) is 6.25. The highest BCUT2D eigenvalue weighted by Crippen LogP contribution is 2.22. The van der Waals surface area contributed by atoms with E-state index in [9.17, 15) is 4.39 Å². The average Bonchev–Trinajstić information content (AvgIpc) is 2.29. The summed E-state index contributed by atoms with van der Waals surface area (Å²) in [6.45, 7) is 6.35. The molecule has 0 saturated carbocycles. The van der Waals surface area contributed by atoms with Crippen molar-refractivity contribution in [2.75, 3.05) is 0 Å². The molecule has 0 spiro atoms. The Bertz CT molecular complexity index is 354. The minimum atomic E-state index is -0.143. The Labute approximate surface area is 112 Å². The molecule has 1 aromatic rings. The smallest absolute Gasteiger partial charge is 0.128 e. The summed E-state index contributed by atoms with van der Waals surface area (Å²) >= 11 is 3.38. The number of hydrogen-bond donors (Lipinski definition) is 1. The number of nitrogens with one attached hydrogen (secondary N) is 1. The number of unbranched alkanes of at least 4 members (excludes halogenated alkanes) is 1. The molecule has 3 heteroatoms. The zero-order chi connectivity index (χ0) is 12.8. The van der Waals surface area contributed by atoms with Crippen molar-refractivity contribution in [2.24, 2.45) is 0 Å². The Morgan fingerprint density at radius 1 is 1.35 bits per heavy atom. The van der Waals surface area contributed by atoms with Crippen LogP contribution in [-0.2, 0) is 0 Å². The van der Waals surface area contributed by atoms with Crippen molar-refractivity contribution in [1.29, 1.82) is 0 Å². The van der Waals surface area contributed by atoms with Gasteiger partial charge in [-0.2, -0.15) is 0 Å². The molecular weight excluding hydrogens is 281 g/mol. The minimum Gasteiger partial charge on any atom is -0.308 e. The second-order valence-corrected chi connectivity index (χ2v) is 5.51. The SMILES string of the molecule is CCCCC(C)NC(C)c1cc(Br)ccc1F. The average molecular weight is 302 g/mol. The van der Waals surface area contributed by atoms with Gasteiger partial charge >= 0.3 is 0 Å². The van der Waals surface area contributed by atoms with Crippen LogP contribution in [-0.4, -0.2) is 6.04 Å². The van der Waals surface area contributed by atoms with E-state index in [2.05, 4.69) is 35.1 Å². The lowest BCUT2D eigenvalue weighted by atomic mass is 10.1. The van der Waals surface area contributed by atoms with Gasteiger partial charge in [0.25, 0.3) is 0 Å². The third-order valence-electron chi connectivity index (χ3n) is 2.95. The second-order valence-electron chi connectivity index (χ2n) is 4.60. The van der Waals surface area contributed by atoms with Gasteiger partial charge in [0.15, 0.2) is 0 Å². The lowest BCUT2D eigenvalue weighted by molar-refractivity contribution is 0.433. The maximum absolute atomic E-state index is 13.7. The summed E-state index contributed by atoms with van der Waals surface area (Å²) in [7, 11) is 0. The summed E-state index contributed by atoms with van der Waals surface area (Å²) in [6.07, 6.45) is 3.55. The Hall–Kier alpha value is -0.410. The number of benzene rings is 1. The van der Waals surface area contributed by atoms with Crippen molar-refractivity contribution in [3.05, 3.63) is 34.1 Å². The molecular formula is C14H21BrFN. The van der Waals surface area contributed by atoms with Crippen molar-refractivity contribution in [1.82, 2.24) is 5.32 Å². The predicted molar refractivity (Wildman–Crippen MR) is 74.6 cm³/mol. The molecule has 0 aliphatic rings. The number of halogens is 2. The van der Waals surface area contributed by atoms with E-state index in [-0.39, 0.29) is 11.9 Å². The summed E-state index contributed by atoms with van der Waals surface area (Å²) < 4.78 is 14.6.